The van der Waals surface area contributed by atoms with E-state index in [0.717, 1.165) is 31.1 Å². The molecular formula is C14H19NO3. The Morgan fingerprint density at radius 2 is 1.72 bits per heavy atom. The van der Waals surface area contributed by atoms with Gasteiger partial charge in [0.15, 0.2) is 0 Å². The lowest BCUT2D eigenvalue weighted by Crippen LogP contribution is -2.36. The van der Waals surface area contributed by atoms with E-state index in [4.69, 9.17) is 9.47 Å². The van der Waals surface area contributed by atoms with Crippen molar-refractivity contribution in [2.45, 2.75) is 12.8 Å². The third-order valence-electron chi connectivity index (χ3n) is 3.15. The van der Waals surface area contributed by atoms with Crippen molar-refractivity contribution in [2.24, 2.45) is 0 Å². The molecule has 4 nitrogen and oxygen atoms in total. The second kappa shape index (κ2) is 6.40. The highest BCUT2D eigenvalue weighted by molar-refractivity contribution is 5.79. The Morgan fingerprint density at radius 3 is 2.33 bits per heavy atom. The molecule has 0 aliphatic carbocycles. The third-order valence-corrected chi connectivity index (χ3v) is 3.15. The summed E-state index contributed by atoms with van der Waals surface area (Å²) >= 11 is 0. The first-order valence-electron chi connectivity index (χ1n) is 6.29. The first-order valence-corrected chi connectivity index (χ1v) is 6.29. The number of nitrogens with zero attached hydrogens (tertiary/aromatic N) is 1. The van der Waals surface area contributed by atoms with Crippen LogP contribution in [0.3, 0.4) is 0 Å². The number of likely N-dealkylation sites (tertiary alicyclic amines) is 1. The second-order valence-corrected chi connectivity index (χ2v) is 4.40. The molecule has 0 aromatic heterocycles. The zero-order valence-corrected chi connectivity index (χ0v) is 10.7. The second-order valence-electron chi connectivity index (χ2n) is 4.40. The van der Waals surface area contributed by atoms with Gasteiger partial charge in [-0.2, -0.15) is 0 Å². The van der Waals surface area contributed by atoms with Crippen molar-refractivity contribution in [3.8, 4) is 11.5 Å². The molecule has 2 rings (SSSR count). The van der Waals surface area contributed by atoms with Gasteiger partial charge in [-0.05, 0) is 24.3 Å². The fourth-order valence-corrected chi connectivity index (χ4v) is 1.99. The van der Waals surface area contributed by atoms with Crippen LogP contribution in [0.15, 0.2) is 24.3 Å². The van der Waals surface area contributed by atoms with Crippen LogP contribution in [-0.4, -0.2) is 44.0 Å². The van der Waals surface area contributed by atoms with E-state index >= 15 is 0 Å². The highest BCUT2D eigenvalue weighted by Gasteiger charge is 2.15. The molecule has 1 fully saturated rings. The lowest BCUT2D eigenvalue weighted by molar-refractivity contribution is -0.121. The van der Waals surface area contributed by atoms with Gasteiger partial charge in [0.25, 0.3) is 0 Å². The van der Waals surface area contributed by atoms with E-state index in [0.29, 0.717) is 25.2 Å². The number of rotatable bonds is 5. The first kappa shape index (κ1) is 12.9. The van der Waals surface area contributed by atoms with Crippen molar-refractivity contribution < 1.29 is 14.3 Å². The van der Waals surface area contributed by atoms with Crippen molar-refractivity contribution in [3.63, 3.8) is 0 Å². The molecule has 1 saturated heterocycles. The lowest BCUT2D eigenvalue weighted by Gasteiger charge is -2.25. The van der Waals surface area contributed by atoms with Gasteiger partial charge in [0, 0.05) is 32.5 Å². The summed E-state index contributed by atoms with van der Waals surface area (Å²) in [5.74, 6) is 2.06. The molecule has 1 aliphatic rings. The minimum atomic E-state index is 0.377. The summed E-state index contributed by atoms with van der Waals surface area (Å²) in [6.07, 6.45) is 1.37. The maximum atomic E-state index is 11.1. The molecule has 1 aromatic rings. The maximum absolute atomic E-state index is 11.1. The molecule has 0 spiro atoms. The number of carbonyl (C=O) groups excluding carboxylic acids is 1. The molecule has 0 bridgehead atoms. The highest BCUT2D eigenvalue weighted by atomic mass is 16.5. The summed E-state index contributed by atoms with van der Waals surface area (Å²) in [5.41, 5.74) is 0. The van der Waals surface area contributed by atoms with Crippen molar-refractivity contribution in [2.75, 3.05) is 33.4 Å². The largest absolute Gasteiger partial charge is 0.497 e. The van der Waals surface area contributed by atoms with E-state index in [9.17, 15) is 4.79 Å². The first-order chi connectivity index (χ1) is 8.78. The molecule has 1 aromatic carbocycles. The minimum absolute atomic E-state index is 0.377. The summed E-state index contributed by atoms with van der Waals surface area (Å²) in [6, 6.07) is 7.57. The Morgan fingerprint density at radius 1 is 1.11 bits per heavy atom. The van der Waals surface area contributed by atoms with E-state index in [1.165, 1.54) is 0 Å². The number of piperidine rings is 1. The lowest BCUT2D eigenvalue weighted by atomic mass is 10.1. The van der Waals surface area contributed by atoms with Crippen LogP contribution in [0, 0.1) is 0 Å². The molecule has 0 radical (unpaired) electrons. The van der Waals surface area contributed by atoms with Gasteiger partial charge in [-0.15, -0.1) is 0 Å². The van der Waals surface area contributed by atoms with Crippen molar-refractivity contribution >= 4 is 5.78 Å². The SMILES string of the molecule is COc1ccc(OCCN2CCC(=O)CC2)cc1. The summed E-state index contributed by atoms with van der Waals surface area (Å²) in [7, 11) is 1.65. The normalized spacial score (nSPS) is 16.6. The standard InChI is InChI=1S/C14H19NO3/c1-17-13-2-4-14(5-3-13)18-11-10-15-8-6-12(16)7-9-15/h2-5H,6-11H2,1H3. The number of ether oxygens (including phenoxy) is 2. The molecule has 4 heteroatoms. The van der Waals surface area contributed by atoms with Crippen LogP contribution in [-0.2, 0) is 4.79 Å². The fraction of sp³-hybridized carbons (Fsp3) is 0.500. The van der Waals surface area contributed by atoms with E-state index in [1.54, 1.807) is 7.11 Å². The molecule has 0 atom stereocenters. The van der Waals surface area contributed by atoms with Crippen LogP contribution in [0.4, 0.5) is 0 Å². The molecule has 1 heterocycles. The van der Waals surface area contributed by atoms with Gasteiger partial charge in [-0.1, -0.05) is 0 Å². The number of ketones is 1. The van der Waals surface area contributed by atoms with Crippen LogP contribution >= 0.6 is 0 Å². The number of hydrogen-bond acceptors (Lipinski definition) is 4. The Bertz CT molecular complexity index is 379. The molecule has 98 valence electrons. The van der Waals surface area contributed by atoms with Crippen molar-refractivity contribution in [1.29, 1.82) is 0 Å². The summed E-state index contributed by atoms with van der Waals surface area (Å²) < 4.78 is 10.7. The Kier molecular flexibility index (Phi) is 4.59. The smallest absolute Gasteiger partial charge is 0.135 e. The number of hydrogen-bond donors (Lipinski definition) is 0. The summed E-state index contributed by atoms with van der Waals surface area (Å²) in [5, 5.41) is 0. The maximum Gasteiger partial charge on any atom is 0.135 e. The van der Waals surface area contributed by atoms with E-state index in [2.05, 4.69) is 4.90 Å². The van der Waals surface area contributed by atoms with Gasteiger partial charge in [-0.25, -0.2) is 0 Å². The summed E-state index contributed by atoms with van der Waals surface area (Å²) in [6.45, 7) is 3.26. The molecular weight excluding hydrogens is 230 g/mol. The number of benzene rings is 1. The predicted octanol–water partition coefficient (Wildman–Crippen LogP) is 1.74. The van der Waals surface area contributed by atoms with Crippen LogP contribution in [0.2, 0.25) is 0 Å². The van der Waals surface area contributed by atoms with Gasteiger partial charge in [0.2, 0.25) is 0 Å². The summed E-state index contributed by atoms with van der Waals surface area (Å²) in [4.78, 5) is 13.4. The predicted molar refractivity (Wildman–Crippen MR) is 69.2 cm³/mol. The molecule has 1 aliphatic heterocycles. The quantitative estimate of drug-likeness (QED) is 0.796. The van der Waals surface area contributed by atoms with Crippen LogP contribution in [0.5, 0.6) is 11.5 Å². The molecule has 18 heavy (non-hydrogen) atoms. The topological polar surface area (TPSA) is 38.8 Å². The Hall–Kier alpha value is -1.55. The number of Topliss-reactive ketones (excluding diaryl/α,β-unsaturated/α-hetero) is 1. The van der Waals surface area contributed by atoms with E-state index < -0.39 is 0 Å². The van der Waals surface area contributed by atoms with E-state index in [-0.39, 0.29) is 0 Å². The van der Waals surface area contributed by atoms with Gasteiger partial charge >= 0.3 is 0 Å². The fourth-order valence-electron chi connectivity index (χ4n) is 1.99. The average Bonchev–Trinajstić information content (AvgIpc) is 2.42. The molecule has 0 N–H and O–H groups in total. The van der Waals surface area contributed by atoms with Crippen LogP contribution < -0.4 is 9.47 Å². The van der Waals surface area contributed by atoms with Gasteiger partial charge in [-0.3, -0.25) is 9.69 Å². The highest BCUT2D eigenvalue weighted by Crippen LogP contribution is 2.17. The molecule has 0 unspecified atom stereocenters. The third kappa shape index (κ3) is 3.74. The number of carbonyl (C=O) groups is 1. The average molecular weight is 249 g/mol. The van der Waals surface area contributed by atoms with Gasteiger partial charge in [0.05, 0.1) is 7.11 Å². The van der Waals surface area contributed by atoms with Crippen LogP contribution in [0.25, 0.3) is 0 Å². The number of methoxy groups -OCH3 is 1. The Balaban J connectivity index is 1.69. The van der Waals surface area contributed by atoms with Crippen molar-refractivity contribution in [3.05, 3.63) is 24.3 Å². The van der Waals surface area contributed by atoms with Crippen LogP contribution in [0.1, 0.15) is 12.8 Å². The zero-order valence-electron chi connectivity index (χ0n) is 10.7. The minimum Gasteiger partial charge on any atom is -0.497 e. The molecule has 0 saturated carbocycles. The van der Waals surface area contributed by atoms with Crippen molar-refractivity contribution in [1.82, 2.24) is 4.90 Å². The molecule has 0 amide bonds. The monoisotopic (exact) mass is 249 g/mol. The zero-order chi connectivity index (χ0) is 12.8. The van der Waals surface area contributed by atoms with Gasteiger partial charge < -0.3 is 9.47 Å². The van der Waals surface area contributed by atoms with E-state index in [1.807, 2.05) is 24.3 Å². The van der Waals surface area contributed by atoms with Gasteiger partial charge in [0.1, 0.15) is 23.9 Å². The Labute approximate surface area is 107 Å².